The SMILES string of the molecule is C=C(/C=C\N=C(C)OCC)C(=O)NCc1ccc(Cl)cc1Cl. The van der Waals surface area contributed by atoms with E-state index in [0.29, 0.717) is 29.1 Å². The number of nitrogens with one attached hydrogen (secondary N) is 1. The lowest BCUT2D eigenvalue weighted by Crippen LogP contribution is -2.23. The van der Waals surface area contributed by atoms with Crippen LogP contribution in [0.1, 0.15) is 19.4 Å². The lowest BCUT2D eigenvalue weighted by Gasteiger charge is -2.07. The first-order valence-corrected chi connectivity index (χ1v) is 7.44. The minimum absolute atomic E-state index is 0.290. The minimum Gasteiger partial charge on any atom is -0.481 e. The molecule has 4 nitrogen and oxygen atoms in total. The second-order valence-electron chi connectivity index (χ2n) is 4.34. The van der Waals surface area contributed by atoms with Crippen LogP contribution in [0.2, 0.25) is 10.0 Å². The largest absolute Gasteiger partial charge is 0.481 e. The van der Waals surface area contributed by atoms with Gasteiger partial charge in [0, 0.05) is 35.3 Å². The Bertz CT molecular complexity index is 610. The summed E-state index contributed by atoms with van der Waals surface area (Å²) < 4.78 is 5.16. The third-order valence-electron chi connectivity index (χ3n) is 2.63. The normalized spacial score (nSPS) is 11.5. The van der Waals surface area contributed by atoms with Gasteiger partial charge >= 0.3 is 0 Å². The molecule has 0 saturated heterocycles. The van der Waals surface area contributed by atoms with Gasteiger partial charge in [-0.1, -0.05) is 35.8 Å². The Balaban J connectivity index is 2.53. The summed E-state index contributed by atoms with van der Waals surface area (Å²) in [6.45, 7) is 8.13. The van der Waals surface area contributed by atoms with E-state index in [-0.39, 0.29) is 11.5 Å². The van der Waals surface area contributed by atoms with E-state index >= 15 is 0 Å². The molecule has 22 heavy (non-hydrogen) atoms. The van der Waals surface area contributed by atoms with E-state index in [0.717, 1.165) is 5.56 Å². The highest BCUT2D eigenvalue weighted by Crippen LogP contribution is 2.20. The van der Waals surface area contributed by atoms with Crippen molar-refractivity contribution in [3.63, 3.8) is 0 Å². The van der Waals surface area contributed by atoms with Gasteiger partial charge in [0.05, 0.1) is 6.61 Å². The topological polar surface area (TPSA) is 50.7 Å². The molecule has 0 radical (unpaired) electrons. The van der Waals surface area contributed by atoms with Gasteiger partial charge in [-0.05, 0) is 30.7 Å². The molecule has 1 N–H and O–H groups in total. The fourth-order valence-electron chi connectivity index (χ4n) is 1.51. The van der Waals surface area contributed by atoms with Crippen LogP contribution in [0.5, 0.6) is 0 Å². The molecule has 118 valence electrons. The maximum atomic E-state index is 11.9. The number of carbonyl (C=O) groups excluding carboxylic acids is 1. The molecule has 0 aliphatic heterocycles. The van der Waals surface area contributed by atoms with E-state index in [1.165, 1.54) is 12.3 Å². The van der Waals surface area contributed by atoms with Gasteiger partial charge in [0.25, 0.3) is 5.91 Å². The van der Waals surface area contributed by atoms with Crippen LogP contribution in [0.4, 0.5) is 0 Å². The van der Waals surface area contributed by atoms with Crippen LogP contribution in [-0.2, 0) is 16.1 Å². The van der Waals surface area contributed by atoms with E-state index in [1.54, 1.807) is 25.1 Å². The van der Waals surface area contributed by atoms with Gasteiger partial charge in [0.2, 0.25) is 0 Å². The lowest BCUT2D eigenvalue weighted by atomic mass is 10.2. The monoisotopic (exact) mass is 340 g/mol. The maximum Gasteiger partial charge on any atom is 0.250 e. The average molecular weight is 341 g/mol. The highest BCUT2D eigenvalue weighted by molar-refractivity contribution is 6.35. The highest BCUT2D eigenvalue weighted by Gasteiger charge is 2.06. The highest BCUT2D eigenvalue weighted by atomic mass is 35.5. The molecule has 0 fully saturated rings. The number of amides is 1. The summed E-state index contributed by atoms with van der Waals surface area (Å²) in [5, 5.41) is 3.78. The Morgan fingerprint density at radius 2 is 2.18 bits per heavy atom. The van der Waals surface area contributed by atoms with Gasteiger partial charge < -0.3 is 10.1 Å². The van der Waals surface area contributed by atoms with Gasteiger partial charge in [-0.2, -0.15) is 0 Å². The molecule has 0 aliphatic rings. The molecule has 1 amide bonds. The number of carbonyl (C=O) groups is 1. The standard InChI is InChI=1S/C16H18Cl2N2O2/c1-4-22-12(3)19-8-7-11(2)16(21)20-10-13-5-6-14(17)9-15(13)18/h5-9H,2,4,10H2,1,3H3,(H,20,21)/b8-7-,19-12?. The van der Waals surface area contributed by atoms with Gasteiger partial charge in [-0.15, -0.1) is 0 Å². The quantitative estimate of drug-likeness (QED) is 0.366. The summed E-state index contributed by atoms with van der Waals surface area (Å²) in [6, 6.07) is 5.11. The van der Waals surface area contributed by atoms with Crippen LogP contribution in [0.25, 0.3) is 0 Å². The molecule has 1 aromatic rings. The summed E-state index contributed by atoms with van der Waals surface area (Å²) in [5.74, 6) is 0.228. The molecular formula is C16H18Cl2N2O2. The third-order valence-corrected chi connectivity index (χ3v) is 3.22. The molecule has 6 heteroatoms. The summed E-state index contributed by atoms with van der Waals surface area (Å²) in [6.07, 6.45) is 2.99. The van der Waals surface area contributed by atoms with Gasteiger partial charge in [0.15, 0.2) is 5.90 Å². The lowest BCUT2D eigenvalue weighted by molar-refractivity contribution is -0.117. The van der Waals surface area contributed by atoms with E-state index in [9.17, 15) is 4.79 Å². The summed E-state index contributed by atoms with van der Waals surface area (Å²) in [5.41, 5.74) is 1.07. The first-order chi connectivity index (χ1) is 10.4. The van der Waals surface area contributed by atoms with E-state index in [4.69, 9.17) is 27.9 Å². The van der Waals surface area contributed by atoms with Crippen LogP contribution in [0.15, 0.2) is 47.6 Å². The molecule has 0 spiro atoms. The van der Waals surface area contributed by atoms with Crippen molar-refractivity contribution < 1.29 is 9.53 Å². The van der Waals surface area contributed by atoms with Crippen LogP contribution in [0, 0.1) is 0 Å². The van der Waals surface area contributed by atoms with Crippen molar-refractivity contribution in [3.05, 3.63) is 58.2 Å². The van der Waals surface area contributed by atoms with Crippen LogP contribution in [0.3, 0.4) is 0 Å². The number of hydrogen-bond donors (Lipinski definition) is 1. The Hall–Kier alpha value is -1.78. The van der Waals surface area contributed by atoms with E-state index in [2.05, 4.69) is 16.9 Å². The Kier molecular flexibility index (Phi) is 7.71. The number of rotatable bonds is 6. The average Bonchev–Trinajstić information content (AvgIpc) is 2.46. The second kappa shape index (κ2) is 9.28. The molecule has 0 bridgehead atoms. The number of benzene rings is 1. The number of halogens is 2. The first-order valence-electron chi connectivity index (χ1n) is 6.68. The minimum atomic E-state index is -0.300. The molecule has 0 aromatic heterocycles. The second-order valence-corrected chi connectivity index (χ2v) is 5.18. The summed E-state index contributed by atoms with van der Waals surface area (Å²) in [4.78, 5) is 15.9. The number of ether oxygens (including phenoxy) is 1. The van der Waals surface area contributed by atoms with Crippen molar-refractivity contribution in [2.45, 2.75) is 20.4 Å². The van der Waals surface area contributed by atoms with Crippen LogP contribution in [-0.4, -0.2) is 18.4 Å². The first kappa shape index (κ1) is 18.3. The number of hydrogen-bond acceptors (Lipinski definition) is 3. The molecule has 0 aliphatic carbocycles. The van der Waals surface area contributed by atoms with Crippen molar-refractivity contribution in [2.75, 3.05) is 6.61 Å². The number of aliphatic imine (C=N–C) groups is 1. The van der Waals surface area contributed by atoms with Crippen molar-refractivity contribution in [1.29, 1.82) is 0 Å². The predicted molar refractivity (Wildman–Crippen MR) is 91.3 cm³/mol. The summed E-state index contributed by atoms with van der Waals surface area (Å²) in [7, 11) is 0. The fourth-order valence-corrected chi connectivity index (χ4v) is 1.98. The zero-order chi connectivity index (χ0) is 16.5. The Morgan fingerprint density at radius 1 is 1.45 bits per heavy atom. The van der Waals surface area contributed by atoms with E-state index < -0.39 is 0 Å². The molecule has 0 heterocycles. The van der Waals surface area contributed by atoms with Gasteiger partial charge in [0.1, 0.15) is 0 Å². The zero-order valence-electron chi connectivity index (χ0n) is 12.5. The van der Waals surface area contributed by atoms with Crippen LogP contribution < -0.4 is 5.32 Å². The Labute approximate surface area is 140 Å². The van der Waals surface area contributed by atoms with E-state index in [1.807, 2.05) is 6.92 Å². The van der Waals surface area contributed by atoms with Crippen molar-refractivity contribution in [1.82, 2.24) is 5.32 Å². The van der Waals surface area contributed by atoms with Gasteiger partial charge in [-0.3, -0.25) is 4.79 Å². The number of nitrogens with zero attached hydrogens (tertiary/aromatic N) is 1. The molecule has 0 unspecified atom stereocenters. The van der Waals surface area contributed by atoms with Gasteiger partial charge in [-0.25, -0.2) is 4.99 Å². The van der Waals surface area contributed by atoms with Crippen molar-refractivity contribution in [2.24, 2.45) is 4.99 Å². The van der Waals surface area contributed by atoms with Crippen molar-refractivity contribution in [3.8, 4) is 0 Å². The molecule has 1 aromatic carbocycles. The molecule has 0 saturated carbocycles. The molecule has 0 atom stereocenters. The predicted octanol–water partition coefficient (Wildman–Crippen LogP) is 4.13. The maximum absolute atomic E-state index is 11.9. The molecular weight excluding hydrogens is 323 g/mol. The van der Waals surface area contributed by atoms with Crippen molar-refractivity contribution >= 4 is 35.0 Å². The molecule has 1 rings (SSSR count). The third kappa shape index (κ3) is 6.33. The zero-order valence-corrected chi connectivity index (χ0v) is 14.0. The smallest absolute Gasteiger partial charge is 0.250 e. The summed E-state index contributed by atoms with van der Waals surface area (Å²) >= 11 is 11.9. The Morgan fingerprint density at radius 3 is 2.82 bits per heavy atom. The van der Waals surface area contributed by atoms with Crippen LogP contribution >= 0.6 is 23.2 Å². The fraction of sp³-hybridized carbons (Fsp3) is 0.250.